The van der Waals surface area contributed by atoms with Gasteiger partial charge in [-0.1, -0.05) is 24.9 Å². The molecule has 0 fully saturated rings. The summed E-state index contributed by atoms with van der Waals surface area (Å²) in [5.74, 6) is 0.0601. The molecule has 1 amide bonds. The van der Waals surface area contributed by atoms with Crippen LogP contribution in [-0.4, -0.2) is 18.0 Å². The molecule has 0 spiro atoms. The van der Waals surface area contributed by atoms with Gasteiger partial charge in [0.25, 0.3) is 5.91 Å². The minimum absolute atomic E-state index is 0.0991. The molecule has 0 bridgehead atoms. The number of hydrogen-bond donors (Lipinski definition) is 1. The Bertz CT molecular complexity index is 1030. The molecule has 1 N–H and O–H groups in total. The molecule has 0 radical (unpaired) electrons. The SMILES string of the molecule is CCCc1c(OC)ccc2cc(C(=O)Nc3ccncc3Cl)c(=O)oc12. The Balaban J connectivity index is 2.05. The lowest BCUT2D eigenvalue weighted by Crippen LogP contribution is -2.21. The van der Waals surface area contributed by atoms with E-state index in [1.54, 1.807) is 25.3 Å². The van der Waals surface area contributed by atoms with Crippen LogP contribution < -0.4 is 15.7 Å². The zero-order valence-corrected chi connectivity index (χ0v) is 15.1. The molecule has 2 heterocycles. The second kappa shape index (κ2) is 7.58. The Morgan fingerprint density at radius 1 is 1.35 bits per heavy atom. The van der Waals surface area contributed by atoms with E-state index in [1.807, 2.05) is 6.92 Å². The number of hydrogen-bond acceptors (Lipinski definition) is 5. The maximum absolute atomic E-state index is 12.5. The second-order valence-corrected chi connectivity index (χ2v) is 6.08. The summed E-state index contributed by atoms with van der Waals surface area (Å²) in [6.45, 7) is 2.02. The summed E-state index contributed by atoms with van der Waals surface area (Å²) >= 11 is 5.99. The highest BCUT2D eigenvalue weighted by Gasteiger charge is 2.18. The third-order valence-corrected chi connectivity index (χ3v) is 4.25. The molecule has 0 aliphatic rings. The first-order valence-electron chi connectivity index (χ1n) is 8.09. The molecule has 0 saturated heterocycles. The maximum Gasteiger partial charge on any atom is 0.349 e. The van der Waals surface area contributed by atoms with Crippen LogP contribution in [-0.2, 0) is 6.42 Å². The Hall–Kier alpha value is -2.86. The molecule has 1 aromatic carbocycles. The molecule has 3 aromatic rings. The monoisotopic (exact) mass is 372 g/mol. The Morgan fingerprint density at radius 2 is 2.15 bits per heavy atom. The van der Waals surface area contributed by atoms with E-state index in [9.17, 15) is 9.59 Å². The Morgan fingerprint density at radius 3 is 2.85 bits per heavy atom. The number of aryl methyl sites for hydroxylation is 1. The standard InChI is InChI=1S/C19H17ClN2O4/c1-3-4-12-16(25-2)6-5-11-9-13(19(24)26-17(11)12)18(23)22-15-7-8-21-10-14(15)20/h5-10H,3-4H2,1-2H3,(H,21,22,23). The number of rotatable bonds is 5. The molecule has 26 heavy (non-hydrogen) atoms. The molecular weight excluding hydrogens is 356 g/mol. The molecular formula is C19H17ClN2O4. The lowest BCUT2D eigenvalue weighted by Gasteiger charge is -2.11. The van der Waals surface area contributed by atoms with Gasteiger partial charge in [0, 0.05) is 23.3 Å². The number of aromatic nitrogens is 1. The van der Waals surface area contributed by atoms with Gasteiger partial charge in [0.05, 0.1) is 17.8 Å². The maximum atomic E-state index is 12.5. The van der Waals surface area contributed by atoms with Crippen molar-refractivity contribution in [1.29, 1.82) is 0 Å². The zero-order chi connectivity index (χ0) is 18.7. The predicted molar refractivity (Wildman–Crippen MR) is 100 cm³/mol. The minimum Gasteiger partial charge on any atom is -0.496 e. The van der Waals surface area contributed by atoms with Crippen molar-refractivity contribution in [3.63, 3.8) is 0 Å². The number of ether oxygens (including phenoxy) is 1. The van der Waals surface area contributed by atoms with Crippen molar-refractivity contribution >= 4 is 34.2 Å². The molecule has 3 rings (SSSR count). The van der Waals surface area contributed by atoms with Crippen molar-refractivity contribution < 1.29 is 13.9 Å². The summed E-state index contributed by atoms with van der Waals surface area (Å²) in [6, 6.07) is 6.62. The average molecular weight is 373 g/mol. The van der Waals surface area contributed by atoms with E-state index in [2.05, 4.69) is 10.3 Å². The first-order valence-corrected chi connectivity index (χ1v) is 8.47. The Kier molecular flexibility index (Phi) is 5.23. The van der Waals surface area contributed by atoms with Crippen molar-refractivity contribution in [2.24, 2.45) is 0 Å². The van der Waals surface area contributed by atoms with Crippen LogP contribution in [0, 0.1) is 0 Å². The van der Waals surface area contributed by atoms with Crippen LogP contribution >= 0.6 is 11.6 Å². The van der Waals surface area contributed by atoms with Crippen LogP contribution in [0.15, 0.2) is 45.9 Å². The quantitative estimate of drug-likeness (QED) is 0.683. The number of amides is 1. The molecule has 134 valence electrons. The highest BCUT2D eigenvalue weighted by atomic mass is 35.5. The number of fused-ring (bicyclic) bond motifs is 1. The first kappa shape index (κ1) is 17.9. The molecule has 0 atom stereocenters. The summed E-state index contributed by atoms with van der Waals surface area (Å²) in [5.41, 5.74) is 0.805. The lowest BCUT2D eigenvalue weighted by atomic mass is 10.0. The summed E-state index contributed by atoms with van der Waals surface area (Å²) < 4.78 is 10.8. The number of nitrogens with zero attached hydrogens (tertiary/aromatic N) is 1. The van der Waals surface area contributed by atoms with Gasteiger partial charge in [-0.05, 0) is 30.7 Å². The average Bonchev–Trinajstić information content (AvgIpc) is 2.63. The van der Waals surface area contributed by atoms with Gasteiger partial charge in [0.2, 0.25) is 0 Å². The van der Waals surface area contributed by atoms with Gasteiger partial charge in [0.1, 0.15) is 16.9 Å². The number of anilines is 1. The van der Waals surface area contributed by atoms with Gasteiger partial charge in [-0.3, -0.25) is 9.78 Å². The van der Waals surface area contributed by atoms with Gasteiger partial charge in [-0.2, -0.15) is 0 Å². The third-order valence-electron chi connectivity index (χ3n) is 3.95. The molecule has 0 saturated carbocycles. The van der Waals surface area contributed by atoms with E-state index < -0.39 is 11.5 Å². The van der Waals surface area contributed by atoms with Crippen LogP contribution in [0.1, 0.15) is 29.3 Å². The van der Waals surface area contributed by atoms with E-state index in [0.717, 1.165) is 12.0 Å². The normalized spacial score (nSPS) is 10.7. The number of carbonyl (C=O) groups is 1. The fourth-order valence-electron chi connectivity index (χ4n) is 2.73. The molecule has 0 unspecified atom stereocenters. The molecule has 0 aliphatic heterocycles. The number of pyridine rings is 1. The lowest BCUT2D eigenvalue weighted by molar-refractivity contribution is 0.102. The smallest absolute Gasteiger partial charge is 0.349 e. The summed E-state index contributed by atoms with van der Waals surface area (Å²) in [6.07, 6.45) is 4.46. The highest BCUT2D eigenvalue weighted by molar-refractivity contribution is 6.33. The molecule has 6 nitrogen and oxygen atoms in total. The van der Waals surface area contributed by atoms with Gasteiger partial charge >= 0.3 is 5.63 Å². The number of methoxy groups -OCH3 is 1. The topological polar surface area (TPSA) is 81.4 Å². The predicted octanol–water partition coefficient (Wildman–Crippen LogP) is 4.05. The number of nitrogens with one attached hydrogen (secondary N) is 1. The van der Waals surface area contributed by atoms with Crippen LogP contribution in [0.4, 0.5) is 5.69 Å². The van der Waals surface area contributed by atoms with Crippen LogP contribution in [0.25, 0.3) is 11.0 Å². The largest absolute Gasteiger partial charge is 0.496 e. The summed E-state index contributed by atoms with van der Waals surface area (Å²) in [4.78, 5) is 28.7. The molecule has 7 heteroatoms. The zero-order valence-electron chi connectivity index (χ0n) is 14.3. The van der Waals surface area contributed by atoms with Gasteiger partial charge in [-0.25, -0.2) is 4.79 Å². The minimum atomic E-state index is -0.717. The number of benzene rings is 1. The highest BCUT2D eigenvalue weighted by Crippen LogP contribution is 2.29. The van der Waals surface area contributed by atoms with Gasteiger partial charge < -0.3 is 14.5 Å². The summed E-state index contributed by atoms with van der Waals surface area (Å²) in [7, 11) is 1.57. The van der Waals surface area contributed by atoms with E-state index in [1.165, 1.54) is 18.5 Å². The third kappa shape index (κ3) is 3.41. The van der Waals surface area contributed by atoms with Crippen LogP contribution in [0.3, 0.4) is 0 Å². The molecule has 0 aliphatic carbocycles. The first-order chi connectivity index (χ1) is 12.5. The van der Waals surface area contributed by atoms with Crippen LogP contribution in [0.2, 0.25) is 5.02 Å². The summed E-state index contributed by atoms with van der Waals surface area (Å²) in [5, 5.41) is 3.53. The van der Waals surface area contributed by atoms with Crippen molar-refractivity contribution in [2.45, 2.75) is 19.8 Å². The van der Waals surface area contributed by atoms with Crippen molar-refractivity contribution in [3.8, 4) is 5.75 Å². The second-order valence-electron chi connectivity index (χ2n) is 5.67. The Labute approximate surface area is 154 Å². The van der Waals surface area contributed by atoms with Crippen molar-refractivity contribution in [1.82, 2.24) is 4.98 Å². The van der Waals surface area contributed by atoms with E-state index in [4.69, 9.17) is 20.8 Å². The van der Waals surface area contributed by atoms with Crippen LogP contribution in [0.5, 0.6) is 5.75 Å². The van der Waals surface area contributed by atoms with Crippen molar-refractivity contribution in [2.75, 3.05) is 12.4 Å². The van der Waals surface area contributed by atoms with Crippen molar-refractivity contribution in [3.05, 3.63) is 63.2 Å². The number of carbonyl (C=O) groups excluding carboxylic acids is 1. The van der Waals surface area contributed by atoms with E-state index in [0.29, 0.717) is 28.8 Å². The van der Waals surface area contributed by atoms with E-state index >= 15 is 0 Å². The van der Waals surface area contributed by atoms with E-state index in [-0.39, 0.29) is 10.6 Å². The molecule has 2 aromatic heterocycles. The number of halogens is 1. The fraction of sp³-hybridized carbons (Fsp3) is 0.211. The fourth-order valence-corrected chi connectivity index (χ4v) is 2.89. The van der Waals surface area contributed by atoms with Gasteiger partial charge in [0.15, 0.2) is 0 Å². The van der Waals surface area contributed by atoms with Gasteiger partial charge in [-0.15, -0.1) is 0 Å².